The molecule has 9 heteroatoms. The average molecular weight is 300 g/mol. The van der Waals surface area contributed by atoms with Crippen molar-refractivity contribution >= 4 is 22.4 Å². The maximum Gasteiger partial charge on any atom is 0.239 e. The van der Waals surface area contributed by atoms with Gasteiger partial charge in [-0.2, -0.15) is 0 Å². The molecule has 0 aromatic carbocycles. The Balaban J connectivity index is 2.05. The second-order valence-corrected chi connectivity index (χ2v) is 5.67. The number of hydrazine groups is 1. The van der Waals surface area contributed by atoms with E-state index in [2.05, 4.69) is 20.3 Å². The van der Waals surface area contributed by atoms with Gasteiger partial charge in [0, 0.05) is 30.7 Å². The Morgan fingerprint density at radius 1 is 1.65 bits per heavy atom. The molecule has 0 saturated carbocycles. The van der Waals surface area contributed by atoms with E-state index in [1.807, 2.05) is 18.7 Å². The molecular formula is C11H20N6O2S. The average Bonchev–Trinajstić information content (AvgIpc) is 2.85. The molecule has 4 N–H and O–H groups in total. The van der Waals surface area contributed by atoms with Gasteiger partial charge in [-0.1, -0.05) is 4.49 Å². The summed E-state index contributed by atoms with van der Waals surface area (Å²) in [5, 5.41) is 7.69. The van der Waals surface area contributed by atoms with Crippen LogP contribution in [-0.4, -0.2) is 52.2 Å². The number of amides is 1. The third-order valence-electron chi connectivity index (χ3n) is 3.01. The molecule has 1 aliphatic rings. The molecule has 0 spiro atoms. The van der Waals surface area contributed by atoms with Gasteiger partial charge < -0.3 is 15.5 Å². The fourth-order valence-corrected chi connectivity index (χ4v) is 2.55. The van der Waals surface area contributed by atoms with E-state index in [0.717, 1.165) is 10.7 Å². The number of carbonyl (C=O) groups is 1. The van der Waals surface area contributed by atoms with Crippen molar-refractivity contribution in [2.24, 2.45) is 5.84 Å². The number of rotatable bonds is 5. The number of hydrogen-bond donors (Lipinski definition) is 3. The summed E-state index contributed by atoms with van der Waals surface area (Å²) in [4.78, 5) is 14.2. The van der Waals surface area contributed by atoms with Crippen LogP contribution in [0.5, 0.6) is 0 Å². The van der Waals surface area contributed by atoms with Crippen molar-refractivity contribution in [2.45, 2.75) is 32.5 Å². The molecule has 0 aliphatic carbocycles. The molecule has 1 amide bonds. The number of morpholine rings is 1. The van der Waals surface area contributed by atoms with E-state index in [0.29, 0.717) is 26.3 Å². The van der Waals surface area contributed by atoms with Gasteiger partial charge in [0.25, 0.3) is 0 Å². The second kappa shape index (κ2) is 6.93. The van der Waals surface area contributed by atoms with Gasteiger partial charge in [-0.3, -0.25) is 9.69 Å². The van der Waals surface area contributed by atoms with Gasteiger partial charge in [0.1, 0.15) is 16.7 Å². The number of aromatic nitrogens is 2. The van der Waals surface area contributed by atoms with E-state index >= 15 is 0 Å². The summed E-state index contributed by atoms with van der Waals surface area (Å²) in [5.74, 6) is 5.40. The molecular weight excluding hydrogens is 280 g/mol. The predicted octanol–water partition coefficient (Wildman–Crippen LogP) is -0.451. The van der Waals surface area contributed by atoms with E-state index in [1.54, 1.807) is 0 Å². The first kappa shape index (κ1) is 15.1. The van der Waals surface area contributed by atoms with Gasteiger partial charge in [-0.15, -0.1) is 5.10 Å². The van der Waals surface area contributed by atoms with Crippen molar-refractivity contribution in [1.29, 1.82) is 0 Å². The smallest absolute Gasteiger partial charge is 0.239 e. The zero-order valence-corrected chi connectivity index (χ0v) is 12.4. The maximum atomic E-state index is 12.2. The highest BCUT2D eigenvalue weighted by Gasteiger charge is 2.30. The molecule has 1 aromatic rings. The maximum absolute atomic E-state index is 12.2. The highest BCUT2D eigenvalue weighted by atomic mass is 32.1. The summed E-state index contributed by atoms with van der Waals surface area (Å²) in [6.07, 6.45) is 0. The Bertz CT molecular complexity index is 452. The van der Waals surface area contributed by atoms with Crippen molar-refractivity contribution in [3.05, 3.63) is 5.69 Å². The number of nitrogens with zero attached hydrogens (tertiary/aromatic N) is 3. The first-order valence-corrected chi connectivity index (χ1v) is 7.29. The summed E-state index contributed by atoms with van der Waals surface area (Å²) in [7, 11) is 0. The lowest BCUT2D eigenvalue weighted by Gasteiger charge is -2.34. The van der Waals surface area contributed by atoms with Crippen LogP contribution in [0.3, 0.4) is 0 Å². The lowest BCUT2D eigenvalue weighted by Crippen LogP contribution is -2.54. The van der Waals surface area contributed by atoms with Crippen LogP contribution in [0.25, 0.3) is 0 Å². The SMILES string of the molecule is CC(C)NC(=O)C1COCCN1Cc1nnsc1NN. The third-order valence-corrected chi connectivity index (χ3v) is 3.71. The number of nitrogens with two attached hydrogens (primary N) is 1. The summed E-state index contributed by atoms with van der Waals surface area (Å²) in [6.45, 7) is 6.07. The first-order chi connectivity index (χ1) is 9.61. The Labute approximate surface area is 121 Å². The van der Waals surface area contributed by atoms with Crippen LogP contribution in [0.15, 0.2) is 0 Å². The van der Waals surface area contributed by atoms with Crippen molar-refractivity contribution in [2.75, 3.05) is 25.2 Å². The number of nitrogen functional groups attached to an aromatic ring is 1. The van der Waals surface area contributed by atoms with Gasteiger partial charge in [-0.25, -0.2) is 5.84 Å². The molecule has 1 fully saturated rings. The number of hydrogen-bond acceptors (Lipinski definition) is 8. The van der Waals surface area contributed by atoms with Crippen molar-refractivity contribution in [3.63, 3.8) is 0 Å². The van der Waals surface area contributed by atoms with Gasteiger partial charge in [0.15, 0.2) is 0 Å². The second-order valence-electron chi connectivity index (χ2n) is 4.92. The van der Waals surface area contributed by atoms with Crippen molar-refractivity contribution < 1.29 is 9.53 Å². The molecule has 1 aliphatic heterocycles. The van der Waals surface area contributed by atoms with E-state index in [1.165, 1.54) is 11.5 Å². The molecule has 1 unspecified atom stereocenters. The van der Waals surface area contributed by atoms with Gasteiger partial charge >= 0.3 is 0 Å². The summed E-state index contributed by atoms with van der Waals surface area (Å²) < 4.78 is 9.28. The quantitative estimate of drug-likeness (QED) is 0.499. The van der Waals surface area contributed by atoms with E-state index < -0.39 is 0 Å². The molecule has 8 nitrogen and oxygen atoms in total. The molecule has 1 aromatic heterocycles. The monoisotopic (exact) mass is 300 g/mol. The van der Waals surface area contributed by atoms with Gasteiger partial charge in [-0.05, 0) is 13.8 Å². The van der Waals surface area contributed by atoms with Gasteiger partial charge in [0.05, 0.1) is 13.2 Å². The van der Waals surface area contributed by atoms with Crippen LogP contribution in [-0.2, 0) is 16.1 Å². The third kappa shape index (κ3) is 3.63. The largest absolute Gasteiger partial charge is 0.378 e. The summed E-state index contributed by atoms with van der Waals surface area (Å²) in [5.41, 5.74) is 3.33. The summed E-state index contributed by atoms with van der Waals surface area (Å²) >= 11 is 1.20. The fraction of sp³-hybridized carbons (Fsp3) is 0.727. The number of anilines is 1. The normalized spacial score (nSPS) is 20.1. The van der Waals surface area contributed by atoms with Crippen molar-refractivity contribution in [1.82, 2.24) is 19.8 Å². The minimum Gasteiger partial charge on any atom is -0.378 e. The molecule has 2 rings (SSSR count). The minimum absolute atomic E-state index is 0.0230. The zero-order valence-electron chi connectivity index (χ0n) is 11.6. The van der Waals surface area contributed by atoms with Crippen LogP contribution >= 0.6 is 11.5 Å². The molecule has 2 heterocycles. The standard InChI is InChI=1S/C11H20N6O2S/c1-7(2)13-10(18)9-6-19-4-3-17(9)5-8-11(14-12)20-16-15-8/h7,9,14H,3-6,12H2,1-2H3,(H,13,18). The van der Waals surface area contributed by atoms with Crippen LogP contribution in [0.2, 0.25) is 0 Å². The van der Waals surface area contributed by atoms with E-state index in [9.17, 15) is 4.79 Å². The minimum atomic E-state index is -0.307. The lowest BCUT2D eigenvalue weighted by molar-refractivity contribution is -0.133. The topological polar surface area (TPSA) is 105 Å². The molecule has 1 atom stereocenters. The first-order valence-electron chi connectivity index (χ1n) is 6.51. The lowest BCUT2D eigenvalue weighted by atomic mass is 10.2. The number of carbonyl (C=O) groups excluding carboxylic acids is 1. The van der Waals surface area contributed by atoms with Crippen LogP contribution in [0.4, 0.5) is 5.00 Å². The molecule has 112 valence electrons. The molecule has 20 heavy (non-hydrogen) atoms. The fourth-order valence-electron chi connectivity index (χ4n) is 2.06. The molecule has 0 radical (unpaired) electrons. The van der Waals surface area contributed by atoms with Crippen LogP contribution < -0.4 is 16.6 Å². The highest BCUT2D eigenvalue weighted by Crippen LogP contribution is 2.20. The molecule has 0 bridgehead atoms. The molecule has 1 saturated heterocycles. The van der Waals surface area contributed by atoms with E-state index in [-0.39, 0.29) is 18.0 Å². The summed E-state index contributed by atoms with van der Waals surface area (Å²) in [6, 6.07) is -0.202. The zero-order chi connectivity index (χ0) is 14.5. The number of ether oxygens (including phenoxy) is 1. The Morgan fingerprint density at radius 2 is 2.45 bits per heavy atom. The van der Waals surface area contributed by atoms with Crippen LogP contribution in [0.1, 0.15) is 19.5 Å². The number of nitrogens with one attached hydrogen (secondary N) is 2. The Hall–Kier alpha value is -1.29. The highest BCUT2D eigenvalue weighted by molar-refractivity contribution is 7.10. The van der Waals surface area contributed by atoms with E-state index in [4.69, 9.17) is 10.6 Å². The Morgan fingerprint density at radius 3 is 3.15 bits per heavy atom. The van der Waals surface area contributed by atoms with Gasteiger partial charge in [0.2, 0.25) is 5.91 Å². The Kier molecular flexibility index (Phi) is 5.24. The predicted molar refractivity (Wildman–Crippen MR) is 76.0 cm³/mol. The van der Waals surface area contributed by atoms with Crippen LogP contribution in [0, 0.1) is 0 Å². The van der Waals surface area contributed by atoms with Crippen molar-refractivity contribution in [3.8, 4) is 0 Å².